The lowest BCUT2D eigenvalue weighted by molar-refractivity contribution is 0.0790. The number of carbonyl (C=O) groups is 1. The summed E-state index contributed by atoms with van der Waals surface area (Å²) in [6, 6.07) is 17.8. The van der Waals surface area contributed by atoms with Crippen molar-refractivity contribution >= 4 is 22.3 Å². The Kier molecular flexibility index (Phi) is 4.94. The summed E-state index contributed by atoms with van der Waals surface area (Å²) in [6.45, 7) is 2.07. The van der Waals surface area contributed by atoms with Gasteiger partial charge in [-0.3, -0.25) is 9.69 Å². The van der Waals surface area contributed by atoms with Gasteiger partial charge in [0.25, 0.3) is 5.91 Å². The number of nitrogens with zero attached hydrogens (tertiary/aromatic N) is 1. The molecule has 5 heteroatoms. The molecule has 5 nitrogen and oxygen atoms in total. The van der Waals surface area contributed by atoms with Crippen LogP contribution in [0.1, 0.15) is 21.5 Å². The number of rotatable bonds is 4. The summed E-state index contributed by atoms with van der Waals surface area (Å²) < 4.78 is 10.9. The Hall–Kier alpha value is -3.99. The standard InChI is InChI=1S/C27H24N2O3/c1-17-10-12-22(20-8-5-4-7-19(17)20)27(30)29-16-23(21-9-6-14-28-26(21)29)18-11-13-24(31-2)25(15-18)32-3/h4-16,26,28H,1-3H3. The van der Waals surface area contributed by atoms with E-state index in [2.05, 4.69) is 18.3 Å². The molecule has 1 unspecified atom stereocenters. The van der Waals surface area contributed by atoms with E-state index in [-0.39, 0.29) is 12.1 Å². The first-order valence-corrected chi connectivity index (χ1v) is 10.5. The molecular weight excluding hydrogens is 400 g/mol. The summed E-state index contributed by atoms with van der Waals surface area (Å²) in [6.07, 6.45) is 7.53. The molecule has 2 aliphatic heterocycles. The Balaban J connectivity index is 1.61. The number of aryl methyl sites for hydroxylation is 1. The number of hydrogen-bond donors (Lipinski definition) is 1. The number of ether oxygens (including phenoxy) is 2. The van der Waals surface area contributed by atoms with Gasteiger partial charge in [0, 0.05) is 22.9 Å². The van der Waals surface area contributed by atoms with Crippen LogP contribution >= 0.6 is 0 Å². The maximum atomic E-state index is 13.8. The summed E-state index contributed by atoms with van der Waals surface area (Å²) in [5, 5.41) is 5.39. The van der Waals surface area contributed by atoms with Crippen LogP contribution in [0.3, 0.4) is 0 Å². The highest BCUT2D eigenvalue weighted by Crippen LogP contribution is 2.39. The quantitative estimate of drug-likeness (QED) is 0.638. The van der Waals surface area contributed by atoms with E-state index in [0.29, 0.717) is 17.1 Å². The van der Waals surface area contributed by atoms with E-state index in [9.17, 15) is 4.79 Å². The largest absolute Gasteiger partial charge is 0.493 e. The van der Waals surface area contributed by atoms with Crippen LogP contribution in [0.15, 0.2) is 84.7 Å². The van der Waals surface area contributed by atoms with Gasteiger partial charge >= 0.3 is 0 Å². The molecule has 0 bridgehead atoms. The van der Waals surface area contributed by atoms with Crippen molar-refractivity contribution in [1.29, 1.82) is 0 Å². The van der Waals surface area contributed by atoms with Gasteiger partial charge in [-0.1, -0.05) is 42.5 Å². The van der Waals surface area contributed by atoms with Gasteiger partial charge in [-0.05, 0) is 59.3 Å². The van der Waals surface area contributed by atoms with Crippen molar-refractivity contribution in [2.24, 2.45) is 0 Å². The van der Waals surface area contributed by atoms with Crippen LogP contribution in [0.5, 0.6) is 11.5 Å². The zero-order valence-electron chi connectivity index (χ0n) is 18.3. The smallest absolute Gasteiger partial charge is 0.260 e. The average molecular weight is 425 g/mol. The topological polar surface area (TPSA) is 50.8 Å². The minimum Gasteiger partial charge on any atom is -0.493 e. The number of hydrogen-bond acceptors (Lipinski definition) is 4. The fraction of sp³-hybridized carbons (Fsp3) is 0.148. The maximum Gasteiger partial charge on any atom is 0.260 e. The second-order valence-electron chi connectivity index (χ2n) is 7.85. The molecule has 1 amide bonds. The van der Waals surface area contributed by atoms with Gasteiger partial charge in [-0.25, -0.2) is 0 Å². The molecule has 0 aromatic heterocycles. The molecule has 3 aromatic carbocycles. The Morgan fingerprint density at radius 1 is 0.969 bits per heavy atom. The van der Waals surface area contributed by atoms with E-state index in [1.165, 1.54) is 0 Å². The molecule has 0 radical (unpaired) electrons. The molecule has 1 N–H and O–H groups in total. The minimum absolute atomic E-state index is 0.0459. The van der Waals surface area contributed by atoms with E-state index in [4.69, 9.17) is 9.47 Å². The Bertz CT molecular complexity index is 1320. The normalized spacial score (nSPS) is 16.8. The lowest BCUT2D eigenvalue weighted by atomic mass is 9.97. The van der Waals surface area contributed by atoms with Crippen LogP contribution in [-0.4, -0.2) is 31.2 Å². The summed E-state index contributed by atoms with van der Waals surface area (Å²) in [7, 11) is 3.24. The van der Waals surface area contributed by atoms with Crippen LogP contribution in [0.4, 0.5) is 0 Å². The first-order chi connectivity index (χ1) is 15.6. The number of methoxy groups -OCH3 is 2. The molecule has 5 rings (SSSR count). The van der Waals surface area contributed by atoms with Gasteiger partial charge in [0.05, 0.1) is 14.2 Å². The van der Waals surface area contributed by atoms with Gasteiger partial charge in [0.2, 0.25) is 0 Å². The van der Waals surface area contributed by atoms with Crippen LogP contribution in [0, 0.1) is 6.92 Å². The van der Waals surface area contributed by atoms with Crippen molar-refractivity contribution in [2.75, 3.05) is 14.2 Å². The first-order valence-electron chi connectivity index (χ1n) is 10.5. The molecule has 0 fully saturated rings. The van der Waals surface area contributed by atoms with E-state index in [1.807, 2.05) is 73.1 Å². The third-order valence-electron chi connectivity index (χ3n) is 6.08. The maximum absolute atomic E-state index is 13.8. The molecule has 160 valence electrons. The second kappa shape index (κ2) is 7.93. The van der Waals surface area contributed by atoms with E-state index < -0.39 is 0 Å². The first kappa shape index (κ1) is 19.9. The molecule has 0 saturated carbocycles. The summed E-state index contributed by atoms with van der Waals surface area (Å²) in [5.74, 6) is 1.27. The van der Waals surface area contributed by atoms with Crippen LogP contribution in [0.25, 0.3) is 16.3 Å². The van der Waals surface area contributed by atoms with Crippen molar-refractivity contribution in [3.8, 4) is 11.5 Å². The summed E-state index contributed by atoms with van der Waals surface area (Å²) in [4.78, 5) is 15.5. The van der Waals surface area contributed by atoms with E-state index in [0.717, 1.165) is 33.0 Å². The van der Waals surface area contributed by atoms with Gasteiger partial charge < -0.3 is 14.8 Å². The number of nitrogens with one attached hydrogen (secondary N) is 1. The Morgan fingerprint density at radius 3 is 2.53 bits per heavy atom. The fourth-order valence-corrected chi connectivity index (χ4v) is 4.43. The molecule has 2 aliphatic rings. The number of dihydropyridines is 1. The third-order valence-corrected chi connectivity index (χ3v) is 6.08. The van der Waals surface area contributed by atoms with Crippen molar-refractivity contribution in [1.82, 2.24) is 10.2 Å². The van der Waals surface area contributed by atoms with E-state index in [1.54, 1.807) is 19.1 Å². The lowest BCUT2D eigenvalue weighted by Gasteiger charge is -2.27. The number of benzene rings is 3. The molecule has 3 aromatic rings. The van der Waals surface area contributed by atoms with Gasteiger partial charge in [-0.15, -0.1) is 0 Å². The molecule has 1 atom stereocenters. The second-order valence-corrected chi connectivity index (χ2v) is 7.85. The number of allylic oxidation sites excluding steroid dienone is 2. The third kappa shape index (κ3) is 3.14. The zero-order valence-corrected chi connectivity index (χ0v) is 18.3. The van der Waals surface area contributed by atoms with E-state index >= 15 is 0 Å². The van der Waals surface area contributed by atoms with Gasteiger partial charge in [-0.2, -0.15) is 0 Å². The number of carbonyl (C=O) groups excluding carboxylic acids is 1. The van der Waals surface area contributed by atoms with Crippen LogP contribution in [-0.2, 0) is 0 Å². The average Bonchev–Trinajstić information content (AvgIpc) is 3.23. The Labute approximate surface area is 187 Å². The highest BCUT2D eigenvalue weighted by Gasteiger charge is 2.35. The molecular formula is C27H24N2O3. The van der Waals surface area contributed by atoms with Crippen molar-refractivity contribution in [3.63, 3.8) is 0 Å². The summed E-state index contributed by atoms with van der Waals surface area (Å²) in [5.41, 5.74) is 4.80. The Morgan fingerprint density at radius 2 is 1.75 bits per heavy atom. The predicted molar refractivity (Wildman–Crippen MR) is 127 cm³/mol. The number of amides is 1. The summed E-state index contributed by atoms with van der Waals surface area (Å²) >= 11 is 0. The molecule has 32 heavy (non-hydrogen) atoms. The molecule has 0 spiro atoms. The molecule has 0 aliphatic carbocycles. The number of fused-ring (bicyclic) bond motifs is 2. The van der Waals surface area contributed by atoms with Crippen molar-refractivity contribution < 1.29 is 14.3 Å². The van der Waals surface area contributed by atoms with Crippen molar-refractivity contribution in [2.45, 2.75) is 13.1 Å². The lowest BCUT2D eigenvalue weighted by Crippen LogP contribution is -2.43. The van der Waals surface area contributed by atoms with Crippen LogP contribution < -0.4 is 14.8 Å². The minimum atomic E-state index is -0.268. The SMILES string of the molecule is COc1ccc(C2=CN(C(=O)c3ccc(C)c4ccccc34)C3NC=CC=C23)cc1OC. The molecule has 0 saturated heterocycles. The van der Waals surface area contributed by atoms with Gasteiger partial charge in [0.1, 0.15) is 6.17 Å². The van der Waals surface area contributed by atoms with Crippen LogP contribution in [0.2, 0.25) is 0 Å². The highest BCUT2D eigenvalue weighted by atomic mass is 16.5. The monoisotopic (exact) mass is 424 g/mol. The van der Waals surface area contributed by atoms with Crippen molar-refractivity contribution in [3.05, 3.63) is 101 Å². The molecule has 2 heterocycles. The zero-order chi connectivity index (χ0) is 22.2. The highest BCUT2D eigenvalue weighted by molar-refractivity contribution is 6.09. The predicted octanol–water partition coefficient (Wildman–Crippen LogP) is 5.03. The van der Waals surface area contributed by atoms with Gasteiger partial charge in [0.15, 0.2) is 11.5 Å². The fourth-order valence-electron chi connectivity index (χ4n) is 4.43.